The molecule has 0 heterocycles. The molecule has 3 aromatic rings. The third-order valence-electron chi connectivity index (χ3n) is 5.42. The van der Waals surface area contributed by atoms with E-state index < -0.39 is 0 Å². The Bertz CT molecular complexity index is 1100. The Kier molecular flexibility index (Phi) is 6.10. The molecule has 0 spiro atoms. The van der Waals surface area contributed by atoms with E-state index in [9.17, 15) is 4.79 Å². The molecule has 0 fully saturated rings. The van der Waals surface area contributed by atoms with Crippen LogP contribution in [0.15, 0.2) is 66.7 Å². The molecule has 1 amide bonds. The van der Waals surface area contributed by atoms with Gasteiger partial charge in [0.05, 0.1) is 0 Å². The molecule has 4 nitrogen and oxygen atoms in total. The van der Waals surface area contributed by atoms with Gasteiger partial charge < -0.3 is 10.1 Å². The van der Waals surface area contributed by atoms with E-state index in [4.69, 9.17) is 10.00 Å². The molecule has 4 heteroatoms. The van der Waals surface area contributed by atoms with Gasteiger partial charge in [-0.1, -0.05) is 54.6 Å². The van der Waals surface area contributed by atoms with Crippen molar-refractivity contribution in [1.29, 1.82) is 5.26 Å². The first-order valence-corrected chi connectivity index (χ1v) is 10.3. The van der Waals surface area contributed by atoms with Crippen molar-refractivity contribution in [3.8, 4) is 22.9 Å². The van der Waals surface area contributed by atoms with Crippen LogP contribution in [0.4, 0.5) is 0 Å². The van der Waals surface area contributed by atoms with Gasteiger partial charge in [0, 0.05) is 13.0 Å². The van der Waals surface area contributed by atoms with Crippen LogP contribution in [0.5, 0.6) is 5.75 Å². The second-order valence-electron chi connectivity index (χ2n) is 7.55. The molecule has 150 valence electrons. The van der Waals surface area contributed by atoms with Crippen molar-refractivity contribution in [2.75, 3.05) is 6.61 Å². The normalized spacial score (nSPS) is 11.3. The molecule has 1 aliphatic carbocycles. The minimum absolute atomic E-state index is 0.0179. The number of hydrogen-bond acceptors (Lipinski definition) is 3. The van der Waals surface area contributed by atoms with Gasteiger partial charge in [-0.25, -0.2) is 0 Å². The zero-order valence-corrected chi connectivity index (χ0v) is 16.9. The number of nitrogens with zero attached hydrogens (tertiary/aromatic N) is 1. The minimum Gasteiger partial charge on any atom is -0.479 e. The number of carbonyl (C=O) groups excluding carboxylic acids is 1. The summed E-state index contributed by atoms with van der Waals surface area (Å²) < 4.78 is 5.30. The largest absolute Gasteiger partial charge is 0.479 e. The third-order valence-corrected chi connectivity index (χ3v) is 5.42. The molecular formula is C26H24N2O2. The highest BCUT2D eigenvalue weighted by molar-refractivity contribution is 5.77. The van der Waals surface area contributed by atoms with Gasteiger partial charge >= 0.3 is 0 Å². The Morgan fingerprint density at radius 2 is 1.83 bits per heavy atom. The number of rotatable bonds is 8. The van der Waals surface area contributed by atoms with Gasteiger partial charge in [-0.2, -0.15) is 5.26 Å². The van der Waals surface area contributed by atoms with Crippen LogP contribution in [0, 0.1) is 11.3 Å². The number of fused-ring (bicyclic) bond motifs is 3. The van der Waals surface area contributed by atoms with Gasteiger partial charge in [-0.3, -0.25) is 4.79 Å². The van der Waals surface area contributed by atoms with Crippen LogP contribution >= 0.6 is 0 Å². The maximum atomic E-state index is 12.2. The molecule has 0 radical (unpaired) electrons. The Morgan fingerprint density at radius 3 is 2.73 bits per heavy atom. The topological polar surface area (TPSA) is 62.1 Å². The average Bonchev–Trinajstić information content (AvgIpc) is 3.15. The van der Waals surface area contributed by atoms with Gasteiger partial charge in [-0.15, -0.1) is 0 Å². The first kappa shape index (κ1) is 19.7. The zero-order chi connectivity index (χ0) is 20.8. The lowest BCUT2D eigenvalue weighted by Crippen LogP contribution is -2.22. The first-order valence-electron chi connectivity index (χ1n) is 10.3. The molecule has 0 atom stereocenters. The van der Waals surface area contributed by atoms with Gasteiger partial charge in [0.25, 0.3) is 0 Å². The molecule has 30 heavy (non-hydrogen) atoms. The van der Waals surface area contributed by atoms with Crippen molar-refractivity contribution in [2.45, 2.75) is 32.2 Å². The highest BCUT2D eigenvalue weighted by Crippen LogP contribution is 2.36. The Morgan fingerprint density at radius 1 is 0.967 bits per heavy atom. The molecule has 3 aromatic carbocycles. The number of nitrogens with one attached hydrogen (secondary N) is 1. The number of carbonyl (C=O) groups is 1. The summed E-state index contributed by atoms with van der Waals surface area (Å²) in [6.07, 6.45) is 3.22. The van der Waals surface area contributed by atoms with Crippen LogP contribution in [0.2, 0.25) is 0 Å². The van der Waals surface area contributed by atoms with Crippen molar-refractivity contribution in [1.82, 2.24) is 5.32 Å². The van der Waals surface area contributed by atoms with Gasteiger partial charge in [-0.05, 0) is 64.8 Å². The van der Waals surface area contributed by atoms with Crippen molar-refractivity contribution < 1.29 is 9.53 Å². The molecule has 0 unspecified atom stereocenters. The summed E-state index contributed by atoms with van der Waals surface area (Å²) >= 11 is 0. The summed E-state index contributed by atoms with van der Waals surface area (Å²) in [7, 11) is 0. The van der Waals surface area contributed by atoms with Crippen LogP contribution in [0.3, 0.4) is 0 Å². The number of aryl methyl sites for hydroxylation is 1. The Hall–Kier alpha value is -3.58. The maximum Gasteiger partial charge on any atom is 0.220 e. The van der Waals surface area contributed by atoms with Gasteiger partial charge in [0.15, 0.2) is 6.61 Å². The van der Waals surface area contributed by atoms with Crippen molar-refractivity contribution in [2.24, 2.45) is 0 Å². The summed E-state index contributed by atoms with van der Waals surface area (Å²) in [4.78, 5) is 12.2. The Labute approximate surface area is 177 Å². The van der Waals surface area contributed by atoms with Gasteiger partial charge in [0.1, 0.15) is 11.8 Å². The lowest BCUT2D eigenvalue weighted by Gasteiger charge is -2.08. The SMILES string of the molecule is N#CCOc1cccc(CNC(=O)CCCc2ccc3c(c2)-c2ccccc2C3)c1. The van der Waals surface area contributed by atoms with E-state index in [2.05, 4.69) is 47.8 Å². The fourth-order valence-corrected chi connectivity index (χ4v) is 3.93. The van der Waals surface area contributed by atoms with E-state index in [0.29, 0.717) is 18.7 Å². The predicted octanol–water partition coefficient (Wildman–Crippen LogP) is 4.80. The zero-order valence-electron chi connectivity index (χ0n) is 16.9. The quantitative estimate of drug-likeness (QED) is 0.465. The fraction of sp³-hybridized carbons (Fsp3) is 0.231. The second kappa shape index (κ2) is 9.28. The summed E-state index contributed by atoms with van der Waals surface area (Å²) in [5.74, 6) is 0.686. The van der Waals surface area contributed by atoms with E-state index >= 15 is 0 Å². The Balaban J connectivity index is 1.26. The highest BCUT2D eigenvalue weighted by atomic mass is 16.5. The first-order chi connectivity index (χ1) is 14.7. The van der Waals surface area contributed by atoms with Crippen LogP contribution in [-0.4, -0.2) is 12.5 Å². The van der Waals surface area contributed by atoms with E-state index in [0.717, 1.165) is 24.8 Å². The number of hydrogen-bond donors (Lipinski definition) is 1. The van der Waals surface area contributed by atoms with Crippen molar-refractivity contribution in [3.63, 3.8) is 0 Å². The lowest BCUT2D eigenvalue weighted by molar-refractivity contribution is -0.121. The average molecular weight is 396 g/mol. The smallest absolute Gasteiger partial charge is 0.220 e. The number of benzene rings is 3. The number of ether oxygens (including phenoxy) is 1. The number of nitriles is 1. The molecule has 0 aromatic heterocycles. The van der Waals surface area contributed by atoms with E-state index in [-0.39, 0.29) is 12.5 Å². The van der Waals surface area contributed by atoms with Crippen LogP contribution < -0.4 is 10.1 Å². The van der Waals surface area contributed by atoms with E-state index in [1.54, 1.807) is 6.07 Å². The summed E-state index contributed by atoms with van der Waals surface area (Å²) in [6.45, 7) is 0.475. The fourth-order valence-electron chi connectivity index (χ4n) is 3.93. The van der Waals surface area contributed by atoms with Crippen LogP contribution in [0.1, 0.15) is 35.1 Å². The van der Waals surface area contributed by atoms with Gasteiger partial charge in [0.2, 0.25) is 5.91 Å². The predicted molar refractivity (Wildman–Crippen MR) is 117 cm³/mol. The molecule has 0 bridgehead atoms. The molecule has 4 rings (SSSR count). The summed E-state index contributed by atoms with van der Waals surface area (Å²) in [5.41, 5.74) is 7.69. The van der Waals surface area contributed by atoms with Crippen LogP contribution in [-0.2, 0) is 24.2 Å². The minimum atomic E-state index is 0.0179. The molecule has 0 saturated heterocycles. The molecule has 0 saturated carbocycles. The van der Waals surface area contributed by atoms with Crippen molar-refractivity contribution in [3.05, 3.63) is 89.0 Å². The van der Waals surface area contributed by atoms with Crippen molar-refractivity contribution >= 4 is 5.91 Å². The summed E-state index contributed by atoms with van der Waals surface area (Å²) in [5, 5.41) is 11.6. The molecule has 1 aliphatic rings. The lowest BCUT2D eigenvalue weighted by atomic mass is 10.00. The number of amides is 1. The monoisotopic (exact) mass is 396 g/mol. The second-order valence-corrected chi connectivity index (χ2v) is 7.55. The summed E-state index contributed by atoms with van der Waals surface area (Å²) in [6, 6.07) is 24.7. The van der Waals surface area contributed by atoms with E-state index in [1.807, 2.05) is 24.3 Å². The van der Waals surface area contributed by atoms with E-state index in [1.165, 1.54) is 27.8 Å². The van der Waals surface area contributed by atoms with Crippen LogP contribution in [0.25, 0.3) is 11.1 Å². The molecular weight excluding hydrogens is 372 g/mol. The highest BCUT2D eigenvalue weighted by Gasteiger charge is 2.17. The maximum absolute atomic E-state index is 12.2. The standard InChI is InChI=1S/C26H24N2O2/c27-13-14-30-23-8-3-6-20(15-23)18-28-26(29)10-4-5-19-11-12-22-17-21-7-1-2-9-24(21)25(22)16-19/h1-3,6-9,11-12,15-16H,4-5,10,14,17-18H2,(H,28,29). The molecule has 1 N–H and O–H groups in total. The molecule has 0 aliphatic heterocycles. The third kappa shape index (κ3) is 4.69.